The molecular formula is C12H23N3. The molecule has 3 nitrogen and oxygen atoms in total. The summed E-state index contributed by atoms with van der Waals surface area (Å²) in [5.74, 6) is 0. The summed E-state index contributed by atoms with van der Waals surface area (Å²) in [5, 5.41) is 7.77. The maximum Gasteiger partial charge on any atom is 0.0524 e. The summed E-state index contributed by atoms with van der Waals surface area (Å²) >= 11 is 0. The zero-order chi connectivity index (χ0) is 11.3. The van der Waals surface area contributed by atoms with Crippen molar-refractivity contribution in [1.29, 1.82) is 0 Å². The molecule has 86 valence electrons. The molecule has 3 heteroatoms. The molecule has 0 spiro atoms. The topological polar surface area (TPSA) is 29.9 Å². The Kier molecular flexibility index (Phi) is 4.82. The molecular weight excluding hydrogens is 186 g/mol. The van der Waals surface area contributed by atoms with Gasteiger partial charge < -0.3 is 5.32 Å². The number of aromatic nitrogens is 2. The van der Waals surface area contributed by atoms with Crippen molar-refractivity contribution in [2.24, 2.45) is 7.05 Å². The van der Waals surface area contributed by atoms with E-state index in [0.717, 1.165) is 13.0 Å². The van der Waals surface area contributed by atoms with Gasteiger partial charge in [-0.05, 0) is 38.8 Å². The van der Waals surface area contributed by atoms with Gasteiger partial charge in [-0.1, -0.05) is 13.3 Å². The molecule has 0 aliphatic rings. The van der Waals surface area contributed by atoms with E-state index in [1.807, 2.05) is 17.9 Å². The highest BCUT2D eigenvalue weighted by Gasteiger charge is 2.04. The van der Waals surface area contributed by atoms with E-state index >= 15 is 0 Å². The van der Waals surface area contributed by atoms with Crippen LogP contribution < -0.4 is 5.32 Å². The zero-order valence-electron chi connectivity index (χ0n) is 10.4. The quantitative estimate of drug-likeness (QED) is 0.777. The molecule has 1 rings (SSSR count). The molecule has 1 aromatic rings. The van der Waals surface area contributed by atoms with Crippen LogP contribution in [0.5, 0.6) is 0 Å². The van der Waals surface area contributed by atoms with Crippen LogP contribution in [-0.2, 0) is 13.5 Å². The zero-order valence-corrected chi connectivity index (χ0v) is 10.4. The highest BCUT2D eigenvalue weighted by atomic mass is 15.3. The van der Waals surface area contributed by atoms with Crippen molar-refractivity contribution in [3.63, 3.8) is 0 Å². The summed E-state index contributed by atoms with van der Waals surface area (Å²) in [6.45, 7) is 7.65. The van der Waals surface area contributed by atoms with Crippen LogP contribution in [0.3, 0.4) is 0 Å². The predicted molar refractivity (Wildman–Crippen MR) is 64.0 cm³/mol. The lowest BCUT2D eigenvalue weighted by Gasteiger charge is -2.12. The Morgan fingerprint density at radius 3 is 2.80 bits per heavy atom. The van der Waals surface area contributed by atoms with Gasteiger partial charge in [-0.15, -0.1) is 0 Å². The normalized spacial score (nSPS) is 13.1. The first-order valence-electron chi connectivity index (χ1n) is 5.86. The van der Waals surface area contributed by atoms with Crippen LogP contribution in [0, 0.1) is 6.92 Å². The molecule has 0 aliphatic carbocycles. The van der Waals surface area contributed by atoms with Crippen molar-refractivity contribution in [2.75, 3.05) is 6.54 Å². The molecule has 0 radical (unpaired) electrons. The number of hydrogen-bond donors (Lipinski definition) is 1. The molecule has 1 heterocycles. The van der Waals surface area contributed by atoms with Crippen LogP contribution in [0.15, 0.2) is 6.20 Å². The molecule has 1 N–H and O–H groups in total. The van der Waals surface area contributed by atoms with Gasteiger partial charge >= 0.3 is 0 Å². The van der Waals surface area contributed by atoms with Crippen molar-refractivity contribution < 1.29 is 0 Å². The van der Waals surface area contributed by atoms with Gasteiger partial charge in [0.1, 0.15) is 0 Å². The summed E-state index contributed by atoms with van der Waals surface area (Å²) < 4.78 is 1.94. The first-order valence-corrected chi connectivity index (χ1v) is 5.86. The van der Waals surface area contributed by atoms with E-state index in [0.29, 0.717) is 6.04 Å². The van der Waals surface area contributed by atoms with Gasteiger partial charge in [-0.25, -0.2) is 0 Å². The number of nitrogens with one attached hydrogen (secondary N) is 1. The lowest BCUT2D eigenvalue weighted by atomic mass is 10.1. The Hall–Kier alpha value is -0.830. The number of nitrogens with zero attached hydrogens (tertiary/aromatic N) is 2. The second kappa shape index (κ2) is 5.91. The van der Waals surface area contributed by atoms with E-state index < -0.39 is 0 Å². The van der Waals surface area contributed by atoms with Gasteiger partial charge in [-0.3, -0.25) is 4.68 Å². The fourth-order valence-electron chi connectivity index (χ4n) is 1.78. The minimum atomic E-state index is 0.631. The van der Waals surface area contributed by atoms with Crippen LogP contribution in [0.1, 0.15) is 37.9 Å². The first-order chi connectivity index (χ1) is 7.15. The lowest BCUT2D eigenvalue weighted by molar-refractivity contribution is 0.511. The summed E-state index contributed by atoms with van der Waals surface area (Å²) in [7, 11) is 1.99. The minimum Gasteiger partial charge on any atom is -0.314 e. The smallest absolute Gasteiger partial charge is 0.0524 e. The standard InChI is InChI=1S/C12H23N3/c1-5-6-10(2)13-8-7-12-9-14-15(4)11(12)3/h9-10,13H,5-8H2,1-4H3. The number of hydrogen-bond acceptors (Lipinski definition) is 2. The molecule has 0 amide bonds. The number of rotatable bonds is 6. The lowest BCUT2D eigenvalue weighted by Crippen LogP contribution is -2.27. The average molecular weight is 209 g/mol. The molecule has 0 saturated heterocycles. The maximum absolute atomic E-state index is 4.24. The van der Waals surface area contributed by atoms with Crippen LogP contribution >= 0.6 is 0 Å². The van der Waals surface area contributed by atoms with Gasteiger partial charge in [0.25, 0.3) is 0 Å². The molecule has 1 aromatic heterocycles. The van der Waals surface area contributed by atoms with E-state index in [-0.39, 0.29) is 0 Å². The van der Waals surface area contributed by atoms with Crippen molar-refractivity contribution in [3.8, 4) is 0 Å². The van der Waals surface area contributed by atoms with E-state index in [1.165, 1.54) is 24.1 Å². The Labute approximate surface area is 92.9 Å². The van der Waals surface area contributed by atoms with E-state index in [2.05, 4.69) is 31.2 Å². The molecule has 0 aliphatic heterocycles. The molecule has 1 unspecified atom stereocenters. The van der Waals surface area contributed by atoms with Crippen molar-refractivity contribution >= 4 is 0 Å². The molecule has 0 aromatic carbocycles. The van der Waals surface area contributed by atoms with Crippen LogP contribution in [0.4, 0.5) is 0 Å². The first kappa shape index (κ1) is 12.2. The van der Waals surface area contributed by atoms with Crippen LogP contribution in [0.2, 0.25) is 0 Å². The Balaban J connectivity index is 2.29. The largest absolute Gasteiger partial charge is 0.314 e. The van der Waals surface area contributed by atoms with E-state index in [9.17, 15) is 0 Å². The molecule has 15 heavy (non-hydrogen) atoms. The maximum atomic E-state index is 4.24. The van der Waals surface area contributed by atoms with E-state index in [1.54, 1.807) is 0 Å². The Bertz CT molecular complexity index is 291. The summed E-state index contributed by atoms with van der Waals surface area (Å²) in [5.41, 5.74) is 2.63. The molecule has 0 fully saturated rings. The third-order valence-corrected chi connectivity index (χ3v) is 2.95. The fourth-order valence-corrected chi connectivity index (χ4v) is 1.78. The summed E-state index contributed by atoms with van der Waals surface area (Å²) in [6.07, 6.45) is 5.56. The minimum absolute atomic E-state index is 0.631. The van der Waals surface area contributed by atoms with Crippen LogP contribution in [0.25, 0.3) is 0 Å². The van der Waals surface area contributed by atoms with E-state index in [4.69, 9.17) is 0 Å². The van der Waals surface area contributed by atoms with Gasteiger partial charge in [0.15, 0.2) is 0 Å². The third-order valence-electron chi connectivity index (χ3n) is 2.95. The number of aryl methyl sites for hydroxylation is 1. The highest BCUT2D eigenvalue weighted by molar-refractivity contribution is 5.15. The van der Waals surface area contributed by atoms with Gasteiger partial charge in [-0.2, -0.15) is 5.10 Å². The monoisotopic (exact) mass is 209 g/mol. The second-order valence-corrected chi connectivity index (χ2v) is 4.27. The Morgan fingerprint density at radius 1 is 1.53 bits per heavy atom. The fraction of sp³-hybridized carbons (Fsp3) is 0.750. The molecule has 0 saturated carbocycles. The molecule has 0 bridgehead atoms. The SMILES string of the molecule is CCCC(C)NCCc1cnn(C)c1C. The Morgan fingerprint density at radius 2 is 2.27 bits per heavy atom. The highest BCUT2D eigenvalue weighted by Crippen LogP contribution is 2.05. The third kappa shape index (κ3) is 3.67. The summed E-state index contributed by atoms with van der Waals surface area (Å²) in [6, 6.07) is 0.631. The van der Waals surface area contributed by atoms with Crippen molar-refractivity contribution in [3.05, 3.63) is 17.5 Å². The van der Waals surface area contributed by atoms with Gasteiger partial charge in [0.2, 0.25) is 0 Å². The van der Waals surface area contributed by atoms with Crippen molar-refractivity contribution in [1.82, 2.24) is 15.1 Å². The van der Waals surface area contributed by atoms with Gasteiger partial charge in [0, 0.05) is 18.8 Å². The van der Waals surface area contributed by atoms with Gasteiger partial charge in [0.05, 0.1) is 6.20 Å². The van der Waals surface area contributed by atoms with Crippen molar-refractivity contribution in [2.45, 2.75) is 46.1 Å². The molecule has 1 atom stereocenters. The average Bonchev–Trinajstić information content (AvgIpc) is 2.50. The summed E-state index contributed by atoms with van der Waals surface area (Å²) in [4.78, 5) is 0. The predicted octanol–water partition coefficient (Wildman–Crippen LogP) is 2.05. The van der Waals surface area contributed by atoms with Crippen LogP contribution in [-0.4, -0.2) is 22.4 Å². The second-order valence-electron chi connectivity index (χ2n) is 4.27.